The molecule has 0 atom stereocenters. The second-order valence-corrected chi connectivity index (χ2v) is 7.63. The van der Waals surface area contributed by atoms with Gasteiger partial charge in [-0.2, -0.15) is 74.6 Å². The van der Waals surface area contributed by atoms with Gasteiger partial charge >= 0.3 is 47.8 Å². The zero-order valence-electron chi connectivity index (χ0n) is 17.9. The van der Waals surface area contributed by atoms with E-state index < -0.39 is 53.6 Å². The SMILES string of the molecule is Oc1ccc(-c2ccc(OC(F)(F)C(F)(F)C(F)(F)C(F)(F)C(F)(F)C(F)(F)C(F)(F)C(F)(F)F)cc2)cc1. The summed E-state index contributed by atoms with van der Waals surface area (Å²) in [6.45, 7) is 0. The number of halogens is 17. The van der Waals surface area contributed by atoms with Crippen LogP contribution in [0.4, 0.5) is 74.6 Å². The number of rotatable bonds is 9. The van der Waals surface area contributed by atoms with Crippen molar-refractivity contribution in [3.05, 3.63) is 48.5 Å². The molecule has 220 valence electrons. The Labute approximate surface area is 204 Å². The molecule has 2 aromatic rings. The van der Waals surface area contributed by atoms with Crippen LogP contribution < -0.4 is 4.74 Å². The van der Waals surface area contributed by atoms with E-state index in [0.29, 0.717) is 12.1 Å². The lowest BCUT2D eigenvalue weighted by molar-refractivity contribution is -0.471. The molecule has 0 radical (unpaired) electrons. The smallest absolute Gasteiger partial charge is 0.471 e. The van der Waals surface area contributed by atoms with Crippen LogP contribution in [-0.2, 0) is 0 Å². The van der Waals surface area contributed by atoms with Crippen LogP contribution in [-0.4, -0.2) is 52.9 Å². The topological polar surface area (TPSA) is 29.5 Å². The second kappa shape index (κ2) is 9.21. The molecular weight excluding hydrogens is 595 g/mol. The second-order valence-electron chi connectivity index (χ2n) is 7.63. The Morgan fingerprint density at radius 1 is 0.410 bits per heavy atom. The maximum absolute atomic E-state index is 13.9. The summed E-state index contributed by atoms with van der Waals surface area (Å²) in [5, 5.41) is 9.18. The van der Waals surface area contributed by atoms with Crippen molar-refractivity contribution in [1.82, 2.24) is 0 Å². The lowest BCUT2D eigenvalue weighted by atomic mass is 9.90. The van der Waals surface area contributed by atoms with Crippen molar-refractivity contribution in [2.24, 2.45) is 0 Å². The Hall–Kier alpha value is -3.15. The fourth-order valence-electron chi connectivity index (χ4n) is 2.73. The van der Waals surface area contributed by atoms with E-state index in [1.807, 2.05) is 0 Å². The van der Waals surface area contributed by atoms with E-state index in [0.717, 1.165) is 24.3 Å². The Morgan fingerprint density at radius 3 is 1.08 bits per heavy atom. The Balaban J connectivity index is 2.46. The largest absolute Gasteiger partial charge is 0.508 e. The first-order chi connectivity index (χ1) is 17.2. The molecule has 0 amide bonds. The summed E-state index contributed by atoms with van der Waals surface area (Å²) < 4.78 is 229. The van der Waals surface area contributed by atoms with Gasteiger partial charge in [0.2, 0.25) is 0 Å². The van der Waals surface area contributed by atoms with Crippen molar-refractivity contribution in [3.8, 4) is 22.6 Å². The fourth-order valence-corrected chi connectivity index (χ4v) is 2.73. The summed E-state index contributed by atoms with van der Waals surface area (Å²) in [7, 11) is 0. The summed E-state index contributed by atoms with van der Waals surface area (Å²) >= 11 is 0. The first-order valence-electron chi connectivity index (χ1n) is 9.49. The van der Waals surface area contributed by atoms with Gasteiger partial charge in [0.05, 0.1) is 0 Å². The van der Waals surface area contributed by atoms with Crippen LogP contribution in [0.15, 0.2) is 48.5 Å². The van der Waals surface area contributed by atoms with E-state index in [1.165, 1.54) is 12.1 Å². The van der Waals surface area contributed by atoms with Gasteiger partial charge in [-0.1, -0.05) is 24.3 Å². The minimum absolute atomic E-state index is 0.0572. The maximum atomic E-state index is 13.9. The first-order valence-corrected chi connectivity index (χ1v) is 9.49. The molecule has 0 aliphatic carbocycles. The van der Waals surface area contributed by atoms with Crippen LogP contribution in [0.5, 0.6) is 11.5 Å². The van der Waals surface area contributed by atoms with E-state index in [9.17, 15) is 79.7 Å². The van der Waals surface area contributed by atoms with E-state index in [1.54, 1.807) is 0 Å². The third-order valence-corrected chi connectivity index (χ3v) is 4.99. The zero-order valence-corrected chi connectivity index (χ0v) is 17.9. The van der Waals surface area contributed by atoms with Gasteiger partial charge in [0.1, 0.15) is 11.5 Å². The van der Waals surface area contributed by atoms with Crippen LogP contribution in [0.2, 0.25) is 0 Å². The molecular formula is C20H9F17O2. The monoisotopic (exact) mass is 604 g/mol. The van der Waals surface area contributed by atoms with Crippen molar-refractivity contribution in [2.45, 2.75) is 47.8 Å². The molecule has 2 nitrogen and oxygen atoms in total. The molecule has 0 fully saturated rings. The van der Waals surface area contributed by atoms with Crippen molar-refractivity contribution < 1.29 is 84.5 Å². The average molecular weight is 604 g/mol. The number of ether oxygens (including phenoxy) is 1. The van der Waals surface area contributed by atoms with Gasteiger partial charge in [-0.15, -0.1) is 0 Å². The molecule has 0 heterocycles. The van der Waals surface area contributed by atoms with Crippen molar-refractivity contribution in [1.29, 1.82) is 0 Å². The van der Waals surface area contributed by atoms with Crippen molar-refractivity contribution >= 4 is 0 Å². The predicted octanol–water partition coefficient (Wildman–Crippen LogP) is 8.40. The Kier molecular flexibility index (Phi) is 7.57. The van der Waals surface area contributed by atoms with Crippen LogP contribution in [0.3, 0.4) is 0 Å². The fraction of sp³-hybridized carbons (Fsp3) is 0.400. The normalized spacial score (nSPS) is 14.9. The van der Waals surface area contributed by atoms with Gasteiger partial charge in [-0.05, 0) is 35.4 Å². The number of phenols is 1. The van der Waals surface area contributed by atoms with Gasteiger partial charge in [0.25, 0.3) is 0 Å². The number of benzene rings is 2. The standard InChI is InChI=1S/C20H9F17O2/c21-13(22,15(25,26)17(29,30)19(33,34)35)14(23,24)16(27,28)18(31,32)20(36,37)39-12-7-3-10(4-8-12)9-1-5-11(38)6-2-9/h1-8,38H. The van der Waals surface area contributed by atoms with Gasteiger partial charge in [-0.25, -0.2) is 0 Å². The highest BCUT2D eigenvalue weighted by Crippen LogP contribution is 2.64. The number of aromatic hydroxyl groups is 1. The molecule has 19 heteroatoms. The summed E-state index contributed by atoms with van der Waals surface area (Å²) in [4.78, 5) is 0. The third-order valence-electron chi connectivity index (χ3n) is 4.99. The van der Waals surface area contributed by atoms with Gasteiger partial charge in [-0.3, -0.25) is 0 Å². The number of hydrogen-bond acceptors (Lipinski definition) is 2. The van der Waals surface area contributed by atoms with Crippen molar-refractivity contribution in [2.75, 3.05) is 0 Å². The lowest BCUT2D eigenvalue weighted by Crippen LogP contribution is -2.74. The molecule has 0 aliphatic heterocycles. The highest BCUT2D eigenvalue weighted by molar-refractivity contribution is 5.64. The van der Waals surface area contributed by atoms with E-state index >= 15 is 0 Å². The van der Waals surface area contributed by atoms with E-state index in [-0.39, 0.29) is 16.9 Å². The van der Waals surface area contributed by atoms with E-state index in [2.05, 4.69) is 4.74 Å². The molecule has 0 bridgehead atoms. The molecule has 0 aromatic heterocycles. The minimum atomic E-state index is -8.70. The van der Waals surface area contributed by atoms with Crippen LogP contribution in [0, 0.1) is 0 Å². The molecule has 0 saturated carbocycles. The molecule has 1 N–H and O–H groups in total. The summed E-state index contributed by atoms with van der Waals surface area (Å²) in [6, 6.07) is 6.92. The molecule has 0 aliphatic rings. The summed E-state index contributed by atoms with van der Waals surface area (Å²) in [6.07, 6.45) is -14.8. The van der Waals surface area contributed by atoms with Gasteiger partial charge in [0, 0.05) is 0 Å². The highest BCUT2D eigenvalue weighted by Gasteiger charge is 2.95. The first kappa shape index (κ1) is 32.1. The summed E-state index contributed by atoms with van der Waals surface area (Å²) in [5.41, 5.74) is 0.281. The third kappa shape index (κ3) is 4.76. The van der Waals surface area contributed by atoms with Gasteiger partial charge < -0.3 is 9.84 Å². The number of hydrogen-bond donors (Lipinski definition) is 1. The molecule has 2 aromatic carbocycles. The highest BCUT2D eigenvalue weighted by atomic mass is 19.4. The Bertz CT molecular complexity index is 1150. The molecule has 0 saturated heterocycles. The quantitative estimate of drug-likeness (QED) is 0.292. The predicted molar refractivity (Wildman–Crippen MR) is 94.9 cm³/mol. The Morgan fingerprint density at radius 2 is 0.718 bits per heavy atom. The summed E-state index contributed by atoms with van der Waals surface area (Å²) in [5.74, 6) is -52.3. The molecule has 0 unspecified atom stereocenters. The maximum Gasteiger partial charge on any atom is 0.471 e. The van der Waals surface area contributed by atoms with Crippen LogP contribution in [0.25, 0.3) is 11.1 Å². The number of alkyl halides is 17. The van der Waals surface area contributed by atoms with Crippen molar-refractivity contribution in [3.63, 3.8) is 0 Å². The number of phenolic OH excluding ortho intramolecular Hbond substituents is 1. The molecule has 39 heavy (non-hydrogen) atoms. The van der Waals surface area contributed by atoms with E-state index in [4.69, 9.17) is 0 Å². The lowest BCUT2D eigenvalue weighted by Gasteiger charge is -2.42. The molecule has 0 spiro atoms. The zero-order chi connectivity index (χ0) is 30.7. The van der Waals surface area contributed by atoms with Crippen LogP contribution >= 0.6 is 0 Å². The van der Waals surface area contributed by atoms with Crippen LogP contribution in [0.1, 0.15) is 0 Å². The minimum Gasteiger partial charge on any atom is -0.508 e. The molecule has 2 rings (SSSR count). The average Bonchev–Trinajstić information content (AvgIpc) is 2.78. The van der Waals surface area contributed by atoms with Gasteiger partial charge in [0.15, 0.2) is 0 Å².